The average molecular weight is 268 g/mol. The van der Waals surface area contributed by atoms with Gasteiger partial charge >= 0.3 is 12.9 Å². The molecule has 19 heavy (non-hydrogen) atoms. The minimum atomic E-state index is -5.05. The van der Waals surface area contributed by atoms with Crippen LogP contribution in [0.25, 0.3) is 6.08 Å². The number of rotatable bonds is 4. The van der Waals surface area contributed by atoms with Gasteiger partial charge < -0.3 is 17.7 Å². The predicted octanol–water partition coefficient (Wildman–Crippen LogP) is 2.21. The molecule has 0 aliphatic heterocycles. The van der Waals surface area contributed by atoms with E-state index in [0.717, 1.165) is 12.1 Å². The number of benzene rings is 1. The van der Waals surface area contributed by atoms with Crippen molar-refractivity contribution >= 4 is 24.5 Å². The summed E-state index contributed by atoms with van der Waals surface area (Å²) in [5, 5.41) is 8.77. The van der Waals surface area contributed by atoms with Crippen molar-refractivity contribution in [2.24, 2.45) is 0 Å². The molecule has 0 fully saturated rings. The molecule has 0 saturated heterocycles. The smallest absolute Gasteiger partial charge is 0.462 e. The Morgan fingerprint density at radius 3 is 2.37 bits per heavy atom. The van der Waals surface area contributed by atoms with Crippen molar-refractivity contribution in [3.63, 3.8) is 0 Å². The van der Waals surface area contributed by atoms with Gasteiger partial charge in [0.1, 0.15) is 11.6 Å². The normalized spacial score (nSPS) is 11.8. The van der Waals surface area contributed by atoms with Crippen LogP contribution in [0.2, 0.25) is 0 Å². The van der Waals surface area contributed by atoms with Crippen molar-refractivity contribution in [3.8, 4) is 6.07 Å². The van der Waals surface area contributed by atoms with E-state index in [4.69, 9.17) is 5.26 Å². The molecule has 1 aromatic rings. The molecule has 0 radical (unpaired) electrons. The van der Waals surface area contributed by atoms with Crippen molar-refractivity contribution in [1.29, 1.82) is 5.26 Å². The maximum absolute atomic E-state index is 12.4. The highest BCUT2D eigenvalue weighted by atomic mass is 19.4. The molecule has 0 bridgehead atoms. The van der Waals surface area contributed by atoms with Gasteiger partial charge in [-0.3, -0.25) is 0 Å². The van der Waals surface area contributed by atoms with Crippen LogP contribution in [0.15, 0.2) is 29.8 Å². The highest BCUT2D eigenvalue weighted by Gasteiger charge is 2.24. The average Bonchev–Trinajstić information content (AvgIpc) is 2.35. The summed E-state index contributed by atoms with van der Waals surface area (Å²) in [5.41, 5.74) is -0.660. The zero-order valence-electron chi connectivity index (χ0n) is 10.1. The first-order valence-corrected chi connectivity index (χ1v) is 5.47. The van der Waals surface area contributed by atoms with E-state index in [1.165, 1.54) is 18.2 Å². The molecule has 100 valence electrons. The third-order valence-electron chi connectivity index (χ3n) is 2.24. The van der Waals surface area contributed by atoms with Crippen LogP contribution in [0.4, 0.5) is 12.9 Å². The lowest BCUT2D eigenvalue weighted by atomic mass is 9.80. The Labute approximate surface area is 108 Å². The van der Waals surface area contributed by atoms with Crippen LogP contribution in [-0.4, -0.2) is 19.6 Å². The third kappa shape index (κ3) is 4.18. The van der Waals surface area contributed by atoms with Gasteiger partial charge in [0, 0.05) is 0 Å². The first kappa shape index (κ1) is 14.8. The molecule has 0 aromatic heterocycles. The molecule has 0 aliphatic rings. The lowest BCUT2D eigenvalue weighted by Gasteiger charge is -2.14. The molecule has 1 aromatic carbocycles. The van der Waals surface area contributed by atoms with Crippen LogP contribution in [-0.2, 0) is 9.53 Å². The third-order valence-corrected chi connectivity index (χ3v) is 2.24. The summed E-state index contributed by atoms with van der Waals surface area (Å²) in [5.74, 6) is -0.797. The minimum Gasteiger partial charge on any atom is -0.462 e. The maximum Gasteiger partial charge on any atom is 0.509 e. The second-order valence-electron chi connectivity index (χ2n) is 3.63. The first-order valence-electron chi connectivity index (χ1n) is 5.47. The van der Waals surface area contributed by atoms with Crippen LogP contribution < -0.4 is 5.46 Å². The molecule has 0 amide bonds. The zero-order valence-corrected chi connectivity index (χ0v) is 10.1. The van der Waals surface area contributed by atoms with Gasteiger partial charge in [0.2, 0.25) is 0 Å². The van der Waals surface area contributed by atoms with Gasteiger partial charge in [-0.15, -0.1) is 5.46 Å². The predicted molar refractivity (Wildman–Crippen MR) is 65.4 cm³/mol. The Kier molecular flexibility index (Phi) is 4.76. The Hall–Kier alpha value is -2.23. The van der Waals surface area contributed by atoms with Crippen molar-refractivity contribution < 1.29 is 22.5 Å². The van der Waals surface area contributed by atoms with Gasteiger partial charge in [-0.05, 0) is 18.6 Å². The first-order chi connectivity index (χ1) is 8.88. The van der Waals surface area contributed by atoms with Crippen molar-refractivity contribution in [1.82, 2.24) is 0 Å². The number of halogens is 3. The van der Waals surface area contributed by atoms with Crippen LogP contribution >= 0.6 is 0 Å². The number of esters is 1. The largest absolute Gasteiger partial charge is 0.509 e. The molecule has 0 N–H and O–H groups in total. The number of hydrogen-bond acceptors (Lipinski definition) is 3. The van der Waals surface area contributed by atoms with Gasteiger partial charge in [-0.25, -0.2) is 4.79 Å². The molecule has 0 unspecified atom stereocenters. The molecular weight excluding hydrogens is 258 g/mol. The number of hydrogen-bond donors (Lipinski definition) is 0. The summed E-state index contributed by atoms with van der Waals surface area (Å²) >= 11 is 0. The Morgan fingerprint density at radius 1 is 1.37 bits per heavy atom. The van der Waals surface area contributed by atoms with Crippen LogP contribution in [0.5, 0.6) is 0 Å². The van der Waals surface area contributed by atoms with E-state index in [1.54, 1.807) is 13.0 Å². The topological polar surface area (TPSA) is 50.1 Å². The summed E-state index contributed by atoms with van der Waals surface area (Å²) in [6, 6.07) is 5.86. The zero-order chi connectivity index (χ0) is 14.5. The second-order valence-corrected chi connectivity index (χ2v) is 3.63. The molecule has 0 heterocycles. The Bertz CT molecular complexity index is 529. The van der Waals surface area contributed by atoms with Crippen molar-refractivity contribution in [2.45, 2.75) is 6.92 Å². The highest BCUT2D eigenvalue weighted by molar-refractivity contribution is 6.73. The lowest BCUT2D eigenvalue weighted by Crippen LogP contribution is -2.33. The fourth-order valence-electron chi connectivity index (χ4n) is 1.32. The van der Waals surface area contributed by atoms with E-state index in [9.17, 15) is 17.7 Å². The number of carbonyl (C=O) groups is 1. The summed E-state index contributed by atoms with van der Waals surface area (Å²) in [4.78, 5) is 11.3. The van der Waals surface area contributed by atoms with Crippen LogP contribution in [0.3, 0.4) is 0 Å². The van der Waals surface area contributed by atoms with Gasteiger partial charge in [0.05, 0.1) is 6.61 Å². The van der Waals surface area contributed by atoms with Gasteiger partial charge in [0.25, 0.3) is 0 Å². The van der Waals surface area contributed by atoms with E-state index in [1.807, 2.05) is 0 Å². The van der Waals surface area contributed by atoms with Gasteiger partial charge in [0.15, 0.2) is 0 Å². The van der Waals surface area contributed by atoms with E-state index in [-0.39, 0.29) is 12.2 Å². The molecule has 0 aliphatic carbocycles. The van der Waals surface area contributed by atoms with E-state index in [2.05, 4.69) is 4.74 Å². The Morgan fingerprint density at radius 2 is 1.95 bits per heavy atom. The van der Waals surface area contributed by atoms with Gasteiger partial charge in [-0.2, -0.15) is 5.26 Å². The van der Waals surface area contributed by atoms with Crippen molar-refractivity contribution in [2.75, 3.05) is 6.61 Å². The SMILES string of the molecule is CCOC(=O)/C(C#N)=C\c1ccc([B-](F)(F)F)cc1. The Balaban J connectivity index is 2.98. The standard InChI is InChI=1S/C12H10BF3NO2/c1-2-19-12(18)10(8-17)7-9-3-5-11(6-4-9)13(14,15)16/h3-7H,2H2,1H3/q-1/b10-7-. The molecule has 0 saturated carbocycles. The number of nitrogens with zero attached hydrogens (tertiary/aromatic N) is 1. The van der Waals surface area contributed by atoms with Crippen molar-refractivity contribution in [3.05, 3.63) is 35.4 Å². The number of ether oxygens (including phenoxy) is 1. The minimum absolute atomic E-state index is 0.118. The summed E-state index contributed by atoms with van der Waals surface area (Å²) < 4.78 is 41.8. The summed E-state index contributed by atoms with van der Waals surface area (Å²) in [6.45, 7) is -3.34. The van der Waals surface area contributed by atoms with Gasteiger partial charge in [-0.1, -0.05) is 24.3 Å². The molecule has 1 rings (SSSR count). The molecular formula is C12H10BF3NO2-. The fraction of sp³-hybridized carbons (Fsp3) is 0.167. The fourth-order valence-corrected chi connectivity index (χ4v) is 1.32. The number of nitriles is 1. The molecule has 3 nitrogen and oxygen atoms in total. The van der Waals surface area contributed by atoms with E-state index < -0.39 is 18.4 Å². The summed E-state index contributed by atoms with van der Waals surface area (Å²) in [6.07, 6.45) is 1.19. The highest BCUT2D eigenvalue weighted by Crippen LogP contribution is 2.12. The number of carbonyl (C=O) groups excluding carboxylic acids is 1. The molecule has 7 heteroatoms. The van der Waals surface area contributed by atoms with E-state index in [0.29, 0.717) is 5.56 Å². The second kappa shape index (κ2) is 6.09. The van der Waals surface area contributed by atoms with Crippen LogP contribution in [0.1, 0.15) is 12.5 Å². The van der Waals surface area contributed by atoms with E-state index >= 15 is 0 Å². The van der Waals surface area contributed by atoms with Crippen LogP contribution in [0, 0.1) is 11.3 Å². The lowest BCUT2D eigenvalue weighted by molar-refractivity contribution is -0.137. The molecule has 0 spiro atoms. The quantitative estimate of drug-likeness (QED) is 0.364. The summed E-state index contributed by atoms with van der Waals surface area (Å²) in [7, 11) is 0. The maximum atomic E-state index is 12.4. The monoisotopic (exact) mass is 268 g/mol. The molecule has 0 atom stereocenters.